The van der Waals surface area contributed by atoms with Crippen LogP contribution >= 0.6 is 11.6 Å². The molecule has 6 rings (SSSR count). The Morgan fingerprint density at radius 3 is 2.59 bits per heavy atom. The number of aryl methyl sites for hydroxylation is 2. The molecule has 1 amide bonds. The Morgan fingerprint density at radius 1 is 1.08 bits per heavy atom. The third kappa shape index (κ3) is 4.32. The lowest BCUT2D eigenvalue weighted by molar-refractivity contribution is 0.0821. The molecular weight excluding hydrogens is 482 g/mol. The van der Waals surface area contributed by atoms with Crippen molar-refractivity contribution in [2.45, 2.75) is 64.0 Å². The highest BCUT2D eigenvalue weighted by atomic mass is 35.5. The van der Waals surface area contributed by atoms with Crippen molar-refractivity contribution in [1.82, 2.24) is 20.1 Å². The zero-order chi connectivity index (χ0) is 25.7. The van der Waals surface area contributed by atoms with Crippen molar-refractivity contribution in [2.24, 2.45) is 5.73 Å². The molecule has 6 nitrogen and oxygen atoms in total. The number of nitrogens with zero attached hydrogens (tertiary/aromatic N) is 3. The molecule has 2 aromatic heterocycles. The summed E-state index contributed by atoms with van der Waals surface area (Å²) in [6.07, 6.45) is 9.16. The molecule has 1 fully saturated rings. The minimum Gasteiger partial charge on any atom is -0.366 e. The first-order chi connectivity index (χ1) is 17.8. The lowest BCUT2D eigenvalue weighted by atomic mass is 9.89. The van der Waals surface area contributed by atoms with Crippen molar-refractivity contribution in [1.29, 1.82) is 0 Å². The second-order valence-electron chi connectivity index (χ2n) is 10.9. The number of benzene rings is 2. The Kier molecular flexibility index (Phi) is 6.04. The van der Waals surface area contributed by atoms with Crippen molar-refractivity contribution >= 4 is 28.5 Å². The third-order valence-electron chi connectivity index (χ3n) is 8.58. The second-order valence-corrected chi connectivity index (χ2v) is 11.3. The monoisotopic (exact) mass is 513 g/mol. The fourth-order valence-electron chi connectivity index (χ4n) is 6.39. The quantitative estimate of drug-likeness (QED) is 0.319. The fourth-order valence-corrected chi connectivity index (χ4v) is 6.66. The van der Waals surface area contributed by atoms with E-state index in [0.29, 0.717) is 22.3 Å². The summed E-state index contributed by atoms with van der Waals surface area (Å²) in [5, 5.41) is 8.70. The highest BCUT2D eigenvalue weighted by Gasteiger charge is 2.38. The van der Waals surface area contributed by atoms with Crippen LogP contribution in [0, 0.1) is 0 Å². The van der Waals surface area contributed by atoms with Crippen molar-refractivity contribution < 1.29 is 4.79 Å². The highest BCUT2D eigenvalue weighted by Crippen LogP contribution is 2.38. The second kappa shape index (κ2) is 9.26. The molecule has 1 unspecified atom stereocenters. The normalized spacial score (nSPS) is 22.2. The smallest absolute Gasteiger partial charge is 0.250 e. The number of aromatic nitrogens is 3. The molecule has 0 saturated carbocycles. The number of aromatic amines is 1. The van der Waals surface area contributed by atoms with E-state index in [1.54, 1.807) is 12.1 Å². The summed E-state index contributed by atoms with van der Waals surface area (Å²) in [5.41, 5.74) is 13.4. The maximum atomic E-state index is 11.6. The van der Waals surface area contributed by atoms with Crippen LogP contribution in [-0.4, -0.2) is 44.1 Å². The number of hydrogen-bond acceptors (Lipinski definition) is 4. The number of halogens is 1. The number of amides is 1. The van der Waals surface area contributed by atoms with Crippen LogP contribution in [0.15, 0.2) is 48.7 Å². The van der Waals surface area contributed by atoms with Gasteiger partial charge in [-0.05, 0) is 93.8 Å². The van der Waals surface area contributed by atoms with E-state index in [1.165, 1.54) is 48.9 Å². The number of carbonyl (C=O) groups is 1. The lowest BCUT2D eigenvalue weighted by Gasteiger charge is -2.41. The van der Waals surface area contributed by atoms with E-state index in [-0.39, 0.29) is 5.54 Å². The Balaban J connectivity index is 1.31. The molecule has 1 aliphatic heterocycles. The number of rotatable bonds is 4. The lowest BCUT2D eigenvalue weighted by Crippen LogP contribution is -2.48. The van der Waals surface area contributed by atoms with Crippen molar-refractivity contribution in [3.05, 3.63) is 70.4 Å². The first kappa shape index (κ1) is 24.1. The van der Waals surface area contributed by atoms with Crippen LogP contribution in [0.25, 0.3) is 33.4 Å². The predicted octanol–water partition coefficient (Wildman–Crippen LogP) is 6.17. The van der Waals surface area contributed by atoms with Gasteiger partial charge in [0, 0.05) is 34.3 Å². The molecule has 37 heavy (non-hydrogen) atoms. The summed E-state index contributed by atoms with van der Waals surface area (Å²) in [4.78, 5) is 19.0. The number of hydrogen-bond donors (Lipinski definition) is 2. The Labute approximate surface area is 222 Å². The van der Waals surface area contributed by atoms with Gasteiger partial charge in [-0.15, -0.1) is 0 Å². The average molecular weight is 514 g/mol. The summed E-state index contributed by atoms with van der Waals surface area (Å²) in [6, 6.07) is 14.9. The van der Waals surface area contributed by atoms with Gasteiger partial charge < -0.3 is 5.73 Å². The SMILES string of the molecule is C[C@@H]1CCCN1C1(C)CCc2ccc(-c3cnc4n[nH]c(-c5ccc(C(N)=O)c(Cl)c5)c4c3)cc2CC1. The fraction of sp³-hybridized carbons (Fsp3) is 0.367. The summed E-state index contributed by atoms with van der Waals surface area (Å²) >= 11 is 6.32. The van der Waals surface area contributed by atoms with Gasteiger partial charge in [-0.3, -0.25) is 14.8 Å². The number of nitrogens with one attached hydrogen (secondary N) is 1. The van der Waals surface area contributed by atoms with Crippen LogP contribution < -0.4 is 5.73 Å². The van der Waals surface area contributed by atoms with Gasteiger partial charge in [0.1, 0.15) is 0 Å². The van der Waals surface area contributed by atoms with Gasteiger partial charge in [-0.25, -0.2) is 4.98 Å². The molecule has 3 N–H and O–H groups in total. The van der Waals surface area contributed by atoms with Crippen LogP contribution in [0.5, 0.6) is 0 Å². The molecule has 2 aliphatic rings. The molecule has 1 aliphatic carbocycles. The minimum absolute atomic E-state index is 0.270. The van der Waals surface area contributed by atoms with Crippen LogP contribution in [0.2, 0.25) is 5.02 Å². The van der Waals surface area contributed by atoms with Gasteiger partial charge in [-0.1, -0.05) is 35.9 Å². The summed E-state index contributed by atoms with van der Waals surface area (Å²) in [5.74, 6) is -0.548. The van der Waals surface area contributed by atoms with Gasteiger partial charge in [-0.2, -0.15) is 5.10 Å². The molecule has 0 radical (unpaired) electrons. The van der Waals surface area contributed by atoms with Crippen LogP contribution in [-0.2, 0) is 12.8 Å². The number of fused-ring (bicyclic) bond motifs is 2. The molecule has 4 aromatic rings. The zero-order valence-electron chi connectivity index (χ0n) is 21.4. The average Bonchev–Trinajstić information content (AvgIpc) is 3.48. The third-order valence-corrected chi connectivity index (χ3v) is 8.90. The first-order valence-electron chi connectivity index (χ1n) is 13.2. The number of carbonyl (C=O) groups excluding carboxylic acids is 1. The molecule has 7 heteroatoms. The van der Waals surface area contributed by atoms with Gasteiger partial charge in [0.2, 0.25) is 5.91 Å². The van der Waals surface area contributed by atoms with Gasteiger partial charge in [0.05, 0.1) is 16.3 Å². The van der Waals surface area contributed by atoms with Gasteiger partial charge in [0.25, 0.3) is 0 Å². The summed E-state index contributed by atoms with van der Waals surface area (Å²) in [7, 11) is 0. The number of nitrogens with two attached hydrogens (primary N) is 1. The Morgan fingerprint density at radius 2 is 1.86 bits per heavy atom. The largest absolute Gasteiger partial charge is 0.366 e. The molecule has 190 valence electrons. The van der Waals surface area contributed by atoms with Crippen molar-refractivity contribution in [3.63, 3.8) is 0 Å². The van der Waals surface area contributed by atoms with Gasteiger partial charge in [0.15, 0.2) is 5.65 Å². The molecular formula is C30H32ClN5O. The minimum atomic E-state index is -0.548. The number of likely N-dealkylation sites (tertiary alicyclic amines) is 1. The van der Waals surface area contributed by atoms with Crippen LogP contribution in [0.3, 0.4) is 0 Å². The number of H-pyrrole nitrogens is 1. The Bertz CT molecular complexity index is 1510. The van der Waals surface area contributed by atoms with Gasteiger partial charge >= 0.3 is 0 Å². The number of pyridine rings is 1. The molecule has 0 spiro atoms. The number of primary amides is 1. The molecule has 3 heterocycles. The van der Waals surface area contributed by atoms with E-state index < -0.39 is 5.91 Å². The van der Waals surface area contributed by atoms with E-state index in [4.69, 9.17) is 17.3 Å². The van der Waals surface area contributed by atoms with E-state index in [0.717, 1.165) is 35.0 Å². The van der Waals surface area contributed by atoms with Crippen molar-refractivity contribution in [2.75, 3.05) is 6.54 Å². The zero-order valence-corrected chi connectivity index (χ0v) is 22.1. The van der Waals surface area contributed by atoms with Crippen molar-refractivity contribution in [3.8, 4) is 22.4 Å². The molecule has 0 bridgehead atoms. The maximum absolute atomic E-state index is 11.6. The molecule has 1 saturated heterocycles. The highest BCUT2D eigenvalue weighted by molar-refractivity contribution is 6.34. The first-order valence-corrected chi connectivity index (χ1v) is 13.5. The topological polar surface area (TPSA) is 87.9 Å². The summed E-state index contributed by atoms with van der Waals surface area (Å²) < 4.78 is 0. The van der Waals surface area contributed by atoms with E-state index in [2.05, 4.69) is 58.2 Å². The van der Waals surface area contributed by atoms with Crippen LogP contribution in [0.1, 0.15) is 61.0 Å². The molecule has 2 aromatic carbocycles. The van der Waals surface area contributed by atoms with Crippen LogP contribution in [0.4, 0.5) is 0 Å². The van der Waals surface area contributed by atoms with E-state index >= 15 is 0 Å². The Hall–Kier alpha value is -3.22. The van der Waals surface area contributed by atoms with E-state index in [1.807, 2.05) is 12.3 Å². The summed E-state index contributed by atoms with van der Waals surface area (Å²) in [6.45, 7) is 6.10. The van der Waals surface area contributed by atoms with E-state index in [9.17, 15) is 4.79 Å². The molecule has 2 atom stereocenters. The standard InChI is InChI=1S/C30H32ClN5O/c1-18-4-3-13-36(18)30(2)11-9-19-5-6-20(14-21(19)10-12-30)23-15-25-27(34-35-29(25)33-17-23)22-7-8-24(28(32)37)26(31)16-22/h5-8,14-18H,3-4,9-13H2,1-2H3,(H2,32,37)(H,33,34,35)/t18-,30?/m1/s1. The predicted molar refractivity (Wildman–Crippen MR) is 149 cm³/mol. The maximum Gasteiger partial charge on any atom is 0.250 e.